The Balaban J connectivity index is 1.70. The normalized spacial score (nSPS) is 28.4. The van der Waals surface area contributed by atoms with Gasteiger partial charge < -0.3 is 15.6 Å². The van der Waals surface area contributed by atoms with Gasteiger partial charge in [-0.1, -0.05) is 5.16 Å². The van der Waals surface area contributed by atoms with E-state index in [1.165, 1.54) is 6.39 Å². The maximum Gasteiger partial charge on any atom is 0.213 e. The van der Waals surface area contributed by atoms with Crippen molar-refractivity contribution in [3.63, 3.8) is 0 Å². The lowest BCUT2D eigenvalue weighted by Crippen LogP contribution is -2.48. The van der Waals surface area contributed by atoms with Crippen LogP contribution in [0.4, 0.5) is 0 Å². The summed E-state index contributed by atoms with van der Waals surface area (Å²) in [6.45, 7) is 0.674. The first-order chi connectivity index (χ1) is 5.84. The fourth-order valence-electron chi connectivity index (χ4n) is 1.33. The summed E-state index contributed by atoms with van der Waals surface area (Å²) in [6.07, 6.45) is 3.44. The van der Waals surface area contributed by atoms with E-state index in [2.05, 4.69) is 20.0 Å². The predicted octanol–water partition coefficient (Wildman–Crippen LogP) is -0.351. The van der Waals surface area contributed by atoms with E-state index < -0.39 is 0 Å². The third-order valence-corrected chi connectivity index (χ3v) is 2.13. The van der Waals surface area contributed by atoms with Crippen molar-refractivity contribution >= 4 is 0 Å². The van der Waals surface area contributed by atoms with E-state index in [1.54, 1.807) is 0 Å². The first kappa shape index (κ1) is 7.70. The number of nitrogens with one attached hydrogen (secondary N) is 1. The Bertz CT molecular complexity index is 230. The molecule has 1 aromatic heterocycles. The van der Waals surface area contributed by atoms with Crippen molar-refractivity contribution in [3.8, 4) is 0 Å². The summed E-state index contributed by atoms with van der Waals surface area (Å²) in [5.74, 6) is 0.704. The smallest absolute Gasteiger partial charge is 0.213 e. The fraction of sp³-hybridized carbons (Fsp3) is 0.714. The molecule has 1 aliphatic rings. The van der Waals surface area contributed by atoms with Crippen LogP contribution in [0.1, 0.15) is 18.7 Å². The highest BCUT2D eigenvalue weighted by Gasteiger charge is 2.25. The molecular formula is C7H12N4O. The molecule has 1 aromatic rings. The zero-order valence-corrected chi connectivity index (χ0v) is 6.73. The third-order valence-electron chi connectivity index (χ3n) is 2.13. The number of hydrogen-bond donors (Lipinski definition) is 2. The Kier molecular flexibility index (Phi) is 2.05. The second-order valence-corrected chi connectivity index (χ2v) is 3.16. The van der Waals surface area contributed by atoms with Crippen molar-refractivity contribution in [3.05, 3.63) is 12.2 Å². The fourth-order valence-corrected chi connectivity index (χ4v) is 1.33. The van der Waals surface area contributed by atoms with Gasteiger partial charge in [0.2, 0.25) is 6.39 Å². The highest BCUT2D eigenvalue weighted by atomic mass is 16.5. The molecule has 0 unspecified atom stereocenters. The number of aromatic nitrogens is 2. The minimum Gasteiger partial charge on any atom is -0.343 e. The number of nitrogens with two attached hydrogens (primary N) is 1. The molecule has 0 radical (unpaired) electrons. The Morgan fingerprint density at radius 3 is 3.08 bits per heavy atom. The van der Waals surface area contributed by atoms with Crippen LogP contribution in [0.5, 0.6) is 0 Å². The highest BCUT2D eigenvalue weighted by Crippen LogP contribution is 2.17. The van der Waals surface area contributed by atoms with E-state index in [-0.39, 0.29) is 0 Å². The lowest BCUT2D eigenvalue weighted by Gasteiger charge is -2.32. The van der Waals surface area contributed by atoms with Crippen LogP contribution in [-0.2, 0) is 6.54 Å². The molecule has 0 aliphatic heterocycles. The van der Waals surface area contributed by atoms with Gasteiger partial charge in [-0.2, -0.15) is 4.98 Å². The molecule has 0 spiro atoms. The molecule has 5 nitrogen and oxygen atoms in total. The van der Waals surface area contributed by atoms with Gasteiger partial charge in [0.05, 0.1) is 6.54 Å². The number of rotatable bonds is 3. The molecule has 1 fully saturated rings. The minimum atomic E-state index is 0.382. The summed E-state index contributed by atoms with van der Waals surface area (Å²) in [5, 5.41) is 6.97. The molecule has 66 valence electrons. The van der Waals surface area contributed by atoms with Gasteiger partial charge in [0, 0.05) is 12.1 Å². The second-order valence-electron chi connectivity index (χ2n) is 3.16. The highest BCUT2D eigenvalue weighted by molar-refractivity contribution is 4.89. The molecule has 0 saturated heterocycles. The average molecular weight is 168 g/mol. The molecule has 0 bridgehead atoms. The van der Waals surface area contributed by atoms with Gasteiger partial charge in [-0.05, 0) is 12.8 Å². The quantitative estimate of drug-likeness (QED) is 0.645. The van der Waals surface area contributed by atoms with Gasteiger partial charge in [0.1, 0.15) is 0 Å². The zero-order valence-electron chi connectivity index (χ0n) is 6.73. The summed E-state index contributed by atoms with van der Waals surface area (Å²) in [4.78, 5) is 3.89. The van der Waals surface area contributed by atoms with Gasteiger partial charge in [0.25, 0.3) is 0 Å². The summed E-state index contributed by atoms with van der Waals surface area (Å²) in [6, 6.07) is 0.922. The Hall–Kier alpha value is -0.940. The van der Waals surface area contributed by atoms with Gasteiger partial charge in [-0.25, -0.2) is 0 Å². The molecule has 12 heavy (non-hydrogen) atoms. The molecule has 2 rings (SSSR count). The molecule has 1 saturated carbocycles. The monoisotopic (exact) mass is 168 g/mol. The topological polar surface area (TPSA) is 77.0 Å². The van der Waals surface area contributed by atoms with Crippen molar-refractivity contribution in [1.82, 2.24) is 15.5 Å². The van der Waals surface area contributed by atoms with Crippen molar-refractivity contribution in [2.75, 3.05) is 0 Å². The first-order valence-electron chi connectivity index (χ1n) is 4.09. The molecule has 0 amide bonds. The Morgan fingerprint density at radius 2 is 2.50 bits per heavy atom. The van der Waals surface area contributed by atoms with Crippen LogP contribution in [0, 0.1) is 0 Å². The van der Waals surface area contributed by atoms with Crippen molar-refractivity contribution in [2.24, 2.45) is 5.73 Å². The number of nitrogens with zero attached hydrogens (tertiary/aromatic N) is 2. The lowest BCUT2D eigenvalue weighted by atomic mass is 9.88. The third kappa shape index (κ3) is 1.62. The summed E-state index contributed by atoms with van der Waals surface area (Å²) in [7, 11) is 0. The Labute approximate surface area is 70.3 Å². The molecule has 0 atom stereocenters. The second kappa shape index (κ2) is 3.20. The van der Waals surface area contributed by atoms with Gasteiger partial charge in [-0.15, -0.1) is 0 Å². The predicted molar refractivity (Wildman–Crippen MR) is 42.1 cm³/mol. The molecule has 5 heteroatoms. The molecule has 3 N–H and O–H groups in total. The van der Waals surface area contributed by atoms with E-state index in [4.69, 9.17) is 5.73 Å². The van der Waals surface area contributed by atoms with E-state index in [9.17, 15) is 0 Å². The molecular weight excluding hydrogens is 156 g/mol. The van der Waals surface area contributed by atoms with E-state index in [1.807, 2.05) is 0 Å². The largest absolute Gasteiger partial charge is 0.343 e. The molecule has 0 aromatic carbocycles. The summed E-state index contributed by atoms with van der Waals surface area (Å²) in [5.41, 5.74) is 5.63. The summed E-state index contributed by atoms with van der Waals surface area (Å²) < 4.78 is 4.59. The van der Waals surface area contributed by atoms with Gasteiger partial charge >= 0.3 is 0 Å². The zero-order chi connectivity index (χ0) is 8.39. The maximum absolute atomic E-state index is 5.63. The van der Waals surface area contributed by atoms with Crippen LogP contribution in [0.3, 0.4) is 0 Å². The minimum absolute atomic E-state index is 0.382. The van der Waals surface area contributed by atoms with Crippen molar-refractivity contribution in [2.45, 2.75) is 31.5 Å². The van der Waals surface area contributed by atoms with Crippen LogP contribution >= 0.6 is 0 Å². The molecule has 1 aliphatic carbocycles. The average Bonchev–Trinajstić information content (AvgIpc) is 2.47. The van der Waals surface area contributed by atoms with Crippen LogP contribution < -0.4 is 11.1 Å². The van der Waals surface area contributed by atoms with Gasteiger partial charge in [0.15, 0.2) is 5.82 Å². The van der Waals surface area contributed by atoms with Crippen LogP contribution in [-0.4, -0.2) is 22.2 Å². The van der Waals surface area contributed by atoms with E-state index >= 15 is 0 Å². The Morgan fingerprint density at radius 1 is 1.67 bits per heavy atom. The molecule has 1 heterocycles. The van der Waals surface area contributed by atoms with Crippen LogP contribution in [0.15, 0.2) is 10.9 Å². The van der Waals surface area contributed by atoms with E-state index in [0.29, 0.717) is 24.5 Å². The SMILES string of the molecule is NC1CC(NCc2ncon2)C1. The van der Waals surface area contributed by atoms with Crippen LogP contribution in [0.2, 0.25) is 0 Å². The van der Waals surface area contributed by atoms with Crippen molar-refractivity contribution < 1.29 is 4.52 Å². The summed E-state index contributed by atoms with van der Waals surface area (Å²) >= 11 is 0. The van der Waals surface area contributed by atoms with E-state index in [0.717, 1.165) is 12.8 Å². The van der Waals surface area contributed by atoms with Crippen molar-refractivity contribution in [1.29, 1.82) is 0 Å². The maximum atomic E-state index is 5.63. The first-order valence-corrected chi connectivity index (χ1v) is 4.09. The van der Waals surface area contributed by atoms with Gasteiger partial charge in [-0.3, -0.25) is 0 Å². The standard InChI is InChI=1S/C7H12N4O/c8-5-1-6(2-5)9-3-7-10-4-12-11-7/h4-6,9H,1-3,8H2. The lowest BCUT2D eigenvalue weighted by molar-refractivity contribution is 0.287. The number of hydrogen-bond acceptors (Lipinski definition) is 5. The van der Waals surface area contributed by atoms with Crippen LogP contribution in [0.25, 0.3) is 0 Å².